The smallest absolute Gasteiger partial charge is 0.333 e. The molecule has 0 radical (unpaired) electrons. The second-order valence-corrected chi connectivity index (χ2v) is 7.34. The SMILES string of the molecule is COC(=O)/C=C1/SCC(=O)N1CCCOC(=O)/C=C/c1cc(Cl)c(OC)c(OC)c1. The molecule has 1 aromatic rings. The molecule has 0 atom stereocenters. The molecule has 2 rings (SSSR count). The summed E-state index contributed by atoms with van der Waals surface area (Å²) in [7, 11) is 4.25. The number of esters is 2. The highest BCUT2D eigenvalue weighted by atomic mass is 35.5. The van der Waals surface area contributed by atoms with Crippen molar-refractivity contribution < 1.29 is 33.3 Å². The number of hydrogen-bond donors (Lipinski definition) is 0. The van der Waals surface area contributed by atoms with Crippen LogP contribution in [0.5, 0.6) is 11.5 Å². The molecule has 0 unspecified atom stereocenters. The average Bonchev–Trinajstić information content (AvgIpc) is 3.08. The number of ether oxygens (including phenoxy) is 4. The Hall–Kier alpha value is -2.65. The van der Waals surface area contributed by atoms with Gasteiger partial charge < -0.3 is 23.8 Å². The number of methoxy groups -OCH3 is 3. The molecule has 0 saturated carbocycles. The molecule has 1 aliphatic heterocycles. The minimum atomic E-state index is -0.534. The maximum absolute atomic E-state index is 11.9. The molecule has 1 amide bonds. The van der Waals surface area contributed by atoms with Gasteiger partial charge in [0.05, 0.1) is 49.8 Å². The van der Waals surface area contributed by atoms with Crippen molar-refractivity contribution in [3.63, 3.8) is 0 Å². The minimum absolute atomic E-state index is 0.105. The lowest BCUT2D eigenvalue weighted by Gasteiger charge is -2.16. The van der Waals surface area contributed by atoms with Gasteiger partial charge in [0.15, 0.2) is 11.5 Å². The van der Waals surface area contributed by atoms with Gasteiger partial charge >= 0.3 is 11.9 Å². The summed E-state index contributed by atoms with van der Waals surface area (Å²) in [5.74, 6) is -0.0422. The van der Waals surface area contributed by atoms with Crippen LogP contribution >= 0.6 is 23.4 Å². The molecule has 0 aliphatic carbocycles. The molecule has 10 heteroatoms. The molecule has 30 heavy (non-hydrogen) atoms. The molecule has 162 valence electrons. The average molecular weight is 456 g/mol. The Kier molecular flexibility index (Phi) is 9.07. The van der Waals surface area contributed by atoms with Gasteiger partial charge in [-0.25, -0.2) is 9.59 Å². The maximum atomic E-state index is 11.9. The van der Waals surface area contributed by atoms with E-state index in [4.69, 9.17) is 25.8 Å². The molecule has 0 aromatic heterocycles. The van der Waals surface area contributed by atoms with Gasteiger partial charge in [-0.15, -0.1) is 0 Å². The highest BCUT2D eigenvalue weighted by molar-refractivity contribution is 8.04. The van der Waals surface area contributed by atoms with Gasteiger partial charge in [-0.2, -0.15) is 0 Å². The van der Waals surface area contributed by atoms with Crippen molar-refractivity contribution in [2.45, 2.75) is 6.42 Å². The number of thioether (sulfide) groups is 1. The first-order chi connectivity index (χ1) is 14.4. The van der Waals surface area contributed by atoms with Crippen LogP contribution in [-0.2, 0) is 23.9 Å². The monoisotopic (exact) mass is 455 g/mol. The Morgan fingerprint density at radius 1 is 1.20 bits per heavy atom. The van der Waals surface area contributed by atoms with Crippen molar-refractivity contribution in [2.75, 3.05) is 40.2 Å². The number of benzene rings is 1. The van der Waals surface area contributed by atoms with Gasteiger partial charge in [0.1, 0.15) is 0 Å². The zero-order chi connectivity index (χ0) is 22.1. The zero-order valence-electron chi connectivity index (χ0n) is 16.8. The first kappa shape index (κ1) is 23.6. The van der Waals surface area contributed by atoms with E-state index >= 15 is 0 Å². The minimum Gasteiger partial charge on any atom is -0.493 e. The van der Waals surface area contributed by atoms with E-state index in [9.17, 15) is 14.4 Å². The molecule has 1 heterocycles. The predicted molar refractivity (Wildman–Crippen MR) is 113 cm³/mol. The van der Waals surface area contributed by atoms with Crippen LogP contribution in [-0.4, -0.2) is 63.0 Å². The van der Waals surface area contributed by atoms with Crippen molar-refractivity contribution in [3.05, 3.63) is 39.9 Å². The Bertz CT molecular complexity index is 869. The summed E-state index contributed by atoms with van der Waals surface area (Å²) in [6.07, 6.45) is 4.52. The highest BCUT2D eigenvalue weighted by Gasteiger charge is 2.26. The number of nitrogens with zero attached hydrogens (tertiary/aromatic N) is 1. The number of halogens is 1. The molecule has 1 fully saturated rings. The lowest BCUT2D eigenvalue weighted by atomic mass is 10.2. The number of hydrogen-bond acceptors (Lipinski definition) is 8. The molecule has 1 saturated heterocycles. The first-order valence-corrected chi connectivity index (χ1v) is 10.2. The van der Waals surface area contributed by atoms with Gasteiger partial charge in [0.25, 0.3) is 0 Å². The Morgan fingerprint density at radius 3 is 2.63 bits per heavy atom. The van der Waals surface area contributed by atoms with Crippen LogP contribution < -0.4 is 9.47 Å². The van der Waals surface area contributed by atoms with E-state index in [0.717, 1.165) is 0 Å². The molecule has 0 spiro atoms. The second-order valence-electron chi connectivity index (χ2n) is 5.93. The van der Waals surface area contributed by atoms with Crippen LogP contribution in [0.2, 0.25) is 5.02 Å². The van der Waals surface area contributed by atoms with Crippen molar-refractivity contribution in [1.29, 1.82) is 0 Å². The zero-order valence-corrected chi connectivity index (χ0v) is 18.4. The fourth-order valence-corrected chi connectivity index (χ4v) is 3.82. The summed E-state index contributed by atoms with van der Waals surface area (Å²) < 4.78 is 20.1. The molecule has 0 bridgehead atoms. The van der Waals surface area contributed by atoms with Gasteiger partial charge in [-0.3, -0.25) is 4.79 Å². The Morgan fingerprint density at radius 2 is 1.97 bits per heavy atom. The number of carbonyl (C=O) groups is 3. The molecule has 0 N–H and O–H groups in total. The van der Waals surface area contributed by atoms with E-state index in [2.05, 4.69) is 4.74 Å². The van der Waals surface area contributed by atoms with Gasteiger partial charge in [0, 0.05) is 12.6 Å². The summed E-state index contributed by atoms with van der Waals surface area (Å²) >= 11 is 7.40. The fourth-order valence-electron chi connectivity index (χ4n) is 2.57. The summed E-state index contributed by atoms with van der Waals surface area (Å²) in [6, 6.07) is 3.32. The normalized spacial score (nSPS) is 15.0. The largest absolute Gasteiger partial charge is 0.493 e. The predicted octanol–water partition coefficient (Wildman–Crippen LogP) is 2.89. The van der Waals surface area contributed by atoms with Crippen molar-refractivity contribution in [3.8, 4) is 11.5 Å². The third-order valence-corrected chi connectivity index (χ3v) is 5.30. The summed E-state index contributed by atoms with van der Waals surface area (Å²) in [6.45, 7) is 0.451. The van der Waals surface area contributed by atoms with Crippen molar-refractivity contribution >= 4 is 47.3 Å². The van der Waals surface area contributed by atoms with Crippen LogP contribution in [0, 0.1) is 0 Å². The first-order valence-electron chi connectivity index (χ1n) is 8.88. The molecule has 1 aromatic carbocycles. The van der Waals surface area contributed by atoms with E-state index in [1.807, 2.05) is 0 Å². The molecular weight excluding hydrogens is 434 g/mol. The van der Waals surface area contributed by atoms with Gasteiger partial charge in [-0.05, 0) is 30.2 Å². The van der Waals surface area contributed by atoms with Gasteiger partial charge in [0.2, 0.25) is 5.91 Å². The van der Waals surface area contributed by atoms with E-state index in [1.54, 1.807) is 18.2 Å². The molecule has 1 aliphatic rings. The van der Waals surface area contributed by atoms with E-state index in [-0.39, 0.29) is 18.3 Å². The molecular formula is C20H22ClNO7S. The quantitative estimate of drug-likeness (QED) is 0.319. The van der Waals surface area contributed by atoms with Crippen LogP contribution in [0.4, 0.5) is 0 Å². The number of rotatable bonds is 9. The fraction of sp³-hybridized carbons (Fsp3) is 0.350. The Labute approximate surface area is 183 Å². The van der Waals surface area contributed by atoms with Crippen LogP contribution in [0.3, 0.4) is 0 Å². The standard InChI is InChI=1S/C20H22ClNO7S/c1-26-15-10-13(9-14(21)20(15)28-3)5-6-18(24)29-8-4-7-22-16(23)12-30-17(22)11-19(25)27-2/h5-6,9-11H,4,7-8,12H2,1-3H3/b6-5+,17-11+. The highest BCUT2D eigenvalue weighted by Crippen LogP contribution is 2.36. The van der Waals surface area contributed by atoms with Gasteiger partial charge in [-0.1, -0.05) is 23.4 Å². The van der Waals surface area contributed by atoms with E-state index in [0.29, 0.717) is 40.1 Å². The number of amides is 1. The summed E-state index contributed by atoms with van der Waals surface area (Å²) in [5.41, 5.74) is 0.645. The third kappa shape index (κ3) is 6.43. The summed E-state index contributed by atoms with van der Waals surface area (Å²) in [5, 5.41) is 0.886. The van der Waals surface area contributed by atoms with E-state index in [1.165, 1.54) is 50.1 Å². The molecule has 8 nitrogen and oxygen atoms in total. The van der Waals surface area contributed by atoms with Crippen molar-refractivity contribution in [1.82, 2.24) is 4.90 Å². The lowest BCUT2D eigenvalue weighted by molar-refractivity contribution is -0.138. The van der Waals surface area contributed by atoms with Crippen LogP contribution in [0.25, 0.3) is 6.08 Å². The Balaban J connectivity index is 1.85. The number of carbonyl (C=O) groups excluding carboxylic acids is 3. The third-order valence-electron chi connectivity index (χ3n) is 3.99. The lowest BCUT2D eigenvalue weighted by Crippen LogP contribution is -2.27. The maximum Gasteiger partial charge on any atom is 0.333 e. The second kappa shape index (κ2) is 11.5. The van der Waals surface area contributed by atoms with Crippen LogP contribution in [0.1, 0.15) is 12.0 Å². The van der Waals surface area contributed by atoms with Crippen molar-refractivity contribution in [2.24, 2.45) is 0 Å². The van der Waals surface area contributed by atoms with E-state index < -0.39 is 11.9 Å². The van der Waals surface area contributed by atoms with Crippen LogP contribution in [0.15, 0.2) is 29.3 Å². The summed E-state index contributed by atoms with van der Waals surface area (Å²) in [4.78, 5) is 36.7. The topological polar surface area (TPSA) is 91.4 Å².